The Morgan fingerprint density at radius 3 is 2.61 bits per heavy atom. The molecule has 2 N–H and O–H groups in total. The van der Waals surface area contributed by atoms with E-state index in [0.29, 0.717) is 22.9 Å². The molecule has 0 aliphatic rings. The Kier molecular flexibility index (Phi) is 5.67. The van der Waals surface area contributed by atoms with E-state index in [9.17, 15) is 9.18 Å². The van der Waals surface area contributed by atoms with Gasteiger partial charge in [-0.3, -0.25) is 4.79 Å². The molecule has 0 spiro atoms. The molecule has 0 saturated heterocycles. The first-order valence-electron chi connectivity index (χ1n) is 10.4. The maximum atomic E-state index is 13.2. The maximum Gasteiger partial charge on any atom is 0.273 e. The van der Waals surface area contributed by atoms with E-state index in [2.05, 4.69) is 15.5 Å². The highest BCUT2D eigenvalue weighted by molar-refractivity contribution is 6.31. The standard InChI is InChI=1S/C26H19ClFN3O2/c27-22-7-3-1-5-18(22)20(21-14-29-23-8-4-2-6-19(21)23)15-30-26(32)24-13-25(33-31-24)16-9-11-17(28)12-10-16/h1-14,20,29H,15H2,(H,30,32). The van der Waals surface area contributed by atoms with E-state index in [1.807, 2.05) is 54.7 Å². The Morgan fingerprint density at radius 2 is 1.79 bits per heavy atom. The van der Waals surface area contributed by atoms with Crippen molar-refractivity contribution in [3.8, 4) is 11.3 Å². The molecular weight excluding hydrogens is 441 g/mol. The number of halogens is 2. The summed E-state index contributed by atoms with van der Waals surface area (Å²) in [5.74, 6) is -0.509. The minimum atomic E-state index is -0.371. The van der Waals surface area contributed by atoms with E-state index >= 15 is 0 Å². The van der Waals surface area contributed by atoms with Crippen molar-refractivity contribution in [3.63, 3.8) is 0 Å². The minimum Gasteiger partial charge on any atom is -0.361 e. The van der Waals surface area contributed by atoms with Crippen LogP contribution in [-0.4, -0.2) is 22.6 Å². The van der Waals surface area contributed by atoms with Crippen molar-refractivity contribution in [2.75, 3.05) is 6.54 Å². The fraction of sp³-hybridized carbons (Fsp3) is 0.0769. The molecule has 2 aromatic heterocycles. The number of H-pyrrole nitrogens is 1. The van der Waals surface area contributed by atoms with Crippen LogP contribution in [0.2, 0.25) is 5.02 Å². The summed E-state index contributed by atoms with van der Waals surface area (Å²) >= 11 is 6.52. The second-order valence-electron chi connectivity index (χ2n) is 7.66. The normalized spacial score (nSPS) is 12.1. The van der Waals surface area contributed by atoms with Gasteiger partial charge in [0.25, 0.3) is 5.91 Å². The largest absolute Gasteiger partial charge is 0.361 e. The van der Waals surface area contributed by atoms with Gasteiger partial charge in [0.05, 0.1) is 0 Å². The molecule has 1 amide bonds. The third-order valence-corrected chi connectivity index (χ3v) is 5.96. The Morgan fingerprint density at radius 1 is 1.03 bits per heavy atom. The second-order valence-corrected chi connectivity index (χ2v) is 8.06. The molecule has 0 fully saturated rings. The Balaban J connectivity index is 1.41. The van der Waals surface area contributed by atoms with Crippen LogP contribution in [-0.2, 0) is 0 Å². The number of nitrogens with one attached hydrogen (secondary N) is 2. The van der Waals surface area contributed by atoms with E-state index < -0.39 is 0 Å². The van der Waals surface area contributed by atoms with Crippen molar-refractivity contribution in [2.24, 2.45) is 0 Å². The molecule has 0 aliphatic heterocycles. The van der Waals surface area contributed by atoms with Crippen molar-refractivity contribution in [2.45, 2.75) is 5.92 Å². The number of nitrogens with zero attached hydrogens (tertiary/aromatic N) is 1. The summed E-state index contributed by atoms with van der Waals surface area (Å²) < 4.78 is 18.5. The zero-order valence-corrected chi connectivity index (χ0v) is 18.1. The fourth-order valence-electron chi connectivity index (χ4n) is 3.95. The number of amides is 1. The predicted octanol–water partition coefficient (Wildman–Crippen LogP) is 6.18. The molecule has 3 aromatic carbocycles. The van der Waals surface area contributed by atoms with Gasteiger partial charge in [0.2, 0.25) is 0 Å². The van der Waals surface area contributed by atoms with Crippen LogP contribution in [0.15, 0.2) is 89.6 Å². The molecule has 0 saturated carbocycles. The van der Waals surface area contributed by atoms with E-state index in [-0.39, 0.29) is 23.3 Å². The molecule has 5 nitrogen and oxygen atoms in total. The lowest BCUT2D eigenvalue weighted by Crippen LogP contribution is -2.29. The predicted molar refractivity (Wildman–Crippen MR) is 126 cm³/mol. The quantitative estimate of drug-likeness (QED) is 0.318. The SMILES string of the molecule is O=C(NCC(c1ccccc1Cl)c1c[nH]c2ccccc12)c1cc(-c2ccc(F)cc2)on1. The number of benzene rings is 3. The Hall–Kier alpha value is -3.90. The molecule has 0 radical (unpaired) electrons. The monoisotopic (exact) mass is 459 g/mol. The number of carbonyl (C=O) groups is 1. The van der Waals surface area contributed by atoms with Crippen LogP contribution in [0.5, 0.6) is 0 Å². The highest BCUT2D eigenvalue weighted by atomic mass is 35.5. The van der Waals surface area contributed by atoms with E-state index in [1.165, 1.54) is 12.1 Å². The van der Waals surface area contributed by atoms with Crippen molar-refractivity contribution < 1.29 is 13.7 Å². The van der Waals surface area contributed by atoms with Crippen molar-refractivity contribution >= 4 is 28.4 Å². The van der Waals surface area contributed by atoms with E-state index in [4.69, 9.17) is 16.1 Å². The summed E-state index contributed by atoms with van der Waals surface area (Å²) in [4.78, 5) is 16.2. The third kappa shape index (κ3) is 4.25. The first kappa shape index (κ1) is 21.0. The summed E-state index contributed by atoms with van der Waals surface area (Å²) in [5.41, 5.74) is 3.74. The van der Waals surface area contributed by atoms with Gasteiger partial charge in [-0.25, -0.2) is 4.39 Å². The van der Waals surface area contributed by atoms with Crippen molar-refractivity contribution in [1.82, 2.24) is 15.5 Å². The number of para-hydroxylation sites is 1. The van der Waals surface area contributed by atoms with E-state index in [1.54, 1.807) is 18.2 Å². The first-order valence-corrected chi connectivity index (χ1v) is 10.8. The van der Waals surface area contributed by atoms with Gasteiger partial charge in [-0.2, -0.15) is 0 Å². The maximum absolute atomic E-state index is 13.2. The molecule has 0 aliphatic carbocycles. The van der Waals surface area contributed by atoms with Crippen LogP contribution in [0.3, 0.4) is 0 Å². The average Bonchev–Trinajstić information content (AvgIpc) is 3.49. The van der Waals surface area contributed by atoms with Gasteiger partial charge in [0.1, 0.15) is 5.82 Å². The van der Waals surface area contributed by atoms with Gasteiger partial charge >= 0.3 is 0 Å². The summed E-state index contributed by atoms with van der Waals surface area (Å²) in [6, 6.07) is 22.9. The van der Waals surface area contributed by atoms with Gasteiger partial charge in [0.15, 0.2) is 11.5 Å². The molecule has 2 heterocycles. The van der Waals surface area contributed by atoms with Crippen molar-refractivity contribution in [1.29, 1.82) is 0 Å². The zero-order valence-electron chi connectivity index (χ0n) is 17.4. The second kappa shape index (κ2) is 8.92. The smallest absolute Gasteiger partial charge is 0.273 e. The summed E-state index contributed by atoms with van der Waals surface area (Å²) in [5, 5.41) is 8.53. The average molecular weight is 460 g/mol. The van der Waals surface area contributed by atoms with Crippen LogP contribution >= 0.6 is 11.6 Å². The van der Waals surface area contributed by atoms with Gasteiger partial charge in [-0.05, 0) is 47.5 Å². The summed E-state index contributed by atoms with van der Waals surface area (Å²) in [6.45, 7) is 0.309. The number of hydrogen-bond donors (Lipinski definition) is 2. The lowest BCUT2D eigenvalue weighted by Gasteiger charge is -2.19. The minimum absolute atomic E-state index is 0.145. The molecule has 164 valence electrons. The van der Waals surface area contributed by atoms with Gasteiger partial charge in [0, 0.05) is 46.2 Å². The summed E-state index contributed by atoms with van der Waals surface area (Å²) in [6.07, 6.45) is 1.95. The first-order chi connectivity index (χ1) is 16.1. The molecule has 1 atom stereocenters. The Labute approximate surface area is 194 Å². The zero-order chi connectivity index (χ0) is 22.8. The van der Waals surface area contributed by atoms with Crippen LogP contribution in [0.1, 0.15) is 27.5 Å². The molecule has 1 unspecified atom stereocenters. The number of carbonyl (C=O) groups excluding carboxylic acids is 1. The number of fused-ring (bicyclic) bond motifs is 1. The van der Waals surface area contributed by atoms with Crippen LogP contribution in [0.4, 0.5) is 4.39 Å². The van der Waals surface area contributed by atoms with Crippen LogP contribution in [0.25, 0.3) is 22.2 Å². The van der Waals surface area contributed by atoms with Gasteiger partial charge in [-0.15, -0.1) is 0 Å². The van der Waals surface area contributed by atoms with Gasteiger partial charge < -0.3 is 14.8 Å². The fourth-order valence-corrected chi connectivity index (χ4v) is 4.21. The molecule has 0 bridgehead atoms. The molecule has 5 aromatic rings. The van der Waals surface area contributed by atoms with Gasteiger partial charge in [-0.1, -0.05) is 53.2 Å². The number of rotatable bonds is 6. The molecule has 33 heavy (non-hydrogen) atoms. The third-order valence-electron chi connectivity index (χ3n) is 5.62. The number of aromatic amines is 1. The molecule has 7 heteroatoms. The Bertz CT molecular complexity index is 1430. The van der Waals surface area contributed by atoms with Crippen molar-refractivity contribution in [3.05, 3.63) is 113 Å². The number of aromatic nitrogens is 2. The molecule has 5 rings (SSSR count). The topological polar surface area (TPSA) is 70.9 Å². The highest BCUT2D eigenvalue weighted by Crippen LogP contribution is 2.34. The lowest BCUT2D eigenvalue weighted by molar-refractivity contribution is 0.0943. The van der Waals surface area contributed by atoms with Crippen LogP contribution < -0.4 is 5.32 Å². The van der Waals surface area contributed by atoms with E-state index in [0.717, 1.165) is 22.0 Å². The number of hydrogen-bond acceptors (Lipinski definition) is 3. The highest BCUT2D eigenvalue weighted by Gasteiger charge is 2.22. The lowest BCUT2D eigenvalue weighted by atomic mass is 9.90. The van der Waals surface area contributed by atoms with Crippen LogP contribution in [0, 0.1) is 5.82 Å². The summed E-state index contributed by atoms with van der Waals surface area (Å²) in [7, 11) is 0. The molecular formula is C26H19ClFN3O2.